The molecule has 0 radical (unpaired) electrons. The molecule has 1 aromatic heterocycles. The Labute approximate surface area is 81.9 Å². The fourth-order valence-electron chi connectivity index (χ4n) is 0.964. The van der Waals surface area contributed by atoms with Crippen LogP contribution in [0.5, 0.6) is 0 Å². The molecule has 0 atom stereocenters. The van der Waals surface area contributed by atoms with Gasteiger partial charge in [0.25, 0.3) is 0 Å². The van der Waals surface area contributed by atoms with E-state index >= 15 is 0 Å². The molecule has 0 aliphatic carbocycles. The summed E-state index contributed by atoms with van der Waals surface area (Å²) in [4.78, 5) is 11.3. The van der Waals surface area contributed by atoms with Gasteiger partial charge >= 0.3 is 0 Å². The van der Waals surface area contributed by atoms with Crippen LogP contribution in [0.25, 0.3) is 0 Å². The fraction of sp³-hybridized carbons (Fsp3) is 0.625. The maximum atomic E-state index is 11.3. The van der Waals surface area contributed by atoms with Crippen molar-refractivity contribution in [1.82, 2.24) is 20.3 Å². The summed E-state index contributed by atoms with van der Waals surface area (Å²) in [5, 5.41) is 18.6. The van der Waals surface area contributed by atoms with Crippen LogP contribution in [0.3, 0.4) is 0 Å². The molecule has 0 aliphatic heterocycles. The second-order valence-electron chi connectivity index (χ2n) is 2.96. The molecule has 0 fully saturated rings. The van der Waals surface area contributed by atoms with E-state index in [1.165, 1.54) is 4.68 Å². The van der Waals surface area contributed by atoms with E-state index in [-0.39, 0.29) is 19.1 Å². The molecule has 14 heavy (non-hydrogen) atoms. The molecule has 0 aromatic carbocycles. The van der Waals surface area contributed by atoms with E-state index in [0.717, 1.165) is 5.69 Å². The highest BCUT2D eigenvalue weighted by Crippen LogP contribution is 1.91. The number of aliphatic hydroxyl groups is 1. The van der Waals surface area contributed by atoms with E-state index in [1.807, 2.05) is 6.92 Å². The lowest BCUT2D eigenvalue weighted by atomic mass is 10.4. The molecule has 6 heteroatoms. The summed E-state index contributed by atoms with van der Waals surface area (Å²) in [5.41, 5.74) is 0.849. The average Bonchev–Trinajstić information content (AvgIpc) is 2.52. The Balaban J connectivity index is 2.31. The van der Waals surface area contributed by atoms with Gasteiger partial charge in [-0.3, -0.25) is 4.79 Å². The van der Waals surface area contributed by atoms with Crippen LogP contribution < -0.4 is 5.32 Å². The Morgan fingerprint density at radius 3 is 3.07 bits per heavy atom. The molecule has 1 heterocycles. The minimum absolute atomic E-state index is 0.0859. The number of aliphatic hydroxyl groups excluding tert-OH is 1. The Morgan fingerprint density at radius 1 is 1.71 bits per heavy atom. The Hall–Kier alpha value is -1.43. The quantitative estimate of drug-likeness (QED) is 0.600. The molecule has 0 saturated carbocycles. The van der Waals surface area contributed by atoms with Crippen LogP contribution in [0, 0.1) is 6.92 Å². The fourth-order valence-corrected chi connectivity index (χ4v) is 0.964. The molecule has 6 nitrogen and oxygen atoms in total. The topological polar surface area (TPSA) is 80.0 Å². The summed E-state index contributed by atoms with van der Waals surface area (Å²) >= 11 is 0. The minimum Gasteiger partial charge on any atom is -0.396 e. The van der Waals surface area contributed by atoms with Crippen molar-refractivity contribution in [2.75, 3.05) is 13.2 Å². The Morgan fingerprint density at radius 2 is 2.50 bits per heavy atom. The van der Waals surface area contributed by atoms with E-state index in [9.17, 15) is 4.79 Å². The van der Waals surface area contributed by atoms with E-state index in [2.05, 4.69) is 15.6 Å². The molecule has 1 amide bonds. The summed E-state index contributed by atoms with van der Waals surface area (Å²) in [7, 11) is 0. The molecular weight excluding hydrogens is 184 g/mol. The van der Waals surface area contributed by atoms with Crippen LogP contribution in [-0.4, -0.2) is 39.2 Å². The van der Waals surface area contributed by atoms with Gasteiger partial charge in [0, 0.05) is 13.2 Å². The van der Waals surface area contributed by atoms with Crippen LogP contribution >= 0.6 is 0 Å². The van der Waals surface area contributed by atoms with Gasteiger partial charge in [-0.1, -0.05) is 5.21 Å². The van der Waals surface area contributed by atoms with Gasteiger partial charge in [-0.2, -0.15) is 0 Å². The lowest BCUT2D eigenvalue weighted by molar-refractivity contribution is -0.121. The maximum Gasteiger partial charge on any atom is 0.241 e. The molecule has 2 N–H and O–H groups in total. The van der Waals surface area contributed by atoms with E-state index in [0.29, 0.717) is 13.0 Å². The number of hydrogen-bond donors (Lipinski definition) is 2. The van der Waals surface area contributed by atoms with Gasteiger partial charge in [0.2, 0.25) is 5.91 Å². The van der Waals surface area contributed by atoms with Crippen molar-refractivity contribution < 1.29 is 9.90 Å². The normalized spacial score (nSPS) is 10.1. The van der Waals surface area contributed by atoms with Crippen LogP contribution in [0.1, 0.15) is 12.1 Å². The van der Waals surface area contributed by atoms with Crippen LogP contribution in [0.4, 0.5) is 0 Å². The van der Waals surface area contributed by atoms with Crippen molar-refractivity contribution in [2.24, 2.45) is 0 Å². The molecular formula is C8H14N4O2. The van der Waals surface area contributed by atoms with E-state index in [4.69, 9.17) is 5.11 Å². The number of hydrogen-bond acceptors (Lipinski definition) is 4. The van der Waals surface area contributed by atoms with Crippen molar-refractivity contribution in [3.63, 3.8) is 0 Å². The molecule has 78 valence electrons. The predicted octanol–water partition coefficient (Wildman–Crippen LogP) is -0.915. The SMILES string of the molecule is Cc1cnnn1CC(=O)NCCCO. The van der Waals surface area contributed by atoms with Gasteiger partial charge in [-0.25, -0.2) is 4.68 Å². The molecule has 1 rings (SSSR count). The highest BCUT2D eigenvalue weighted by atomic mass is 16.3. The van der Waals surface area contributed by atoms with E-state index in [1.54, 1.807) is 6.20 Å². The first kappa shape index (κ1) is 10.6. The number of nitrogens with zero attached hydrogens (tertiary/aromatic N) is 3. The smallest absolute Gasteiger partial charge is 0.241 e. The molecule has 0 saturated heterocycles. The number of rotatable bonds is 5. The lowest BCUT2D eigenvalue weighted by Gasteiger charge is -2.04. The molecule has 0 bridgehead atoms. The van der Waals surface area contributed by atoms with Crippen molar-refractivity contribution in [1.29, 1.82) is 0 Å². The first-order chi connectivity index (χ1) is 6.74. The maximum absolute atomic E-state index is 11.3. The average molecular weight is 198 g/mol. The number of nitrogens with one attached hydrogen (secondary N) is 1. The second-order valence-corrected chi connectivity index (χ2v) is 2.96. The summed E-state index contributed by atoms with van der Waals surface area (Å²) < 4.78 is 1.52. The first-order valence-electron chi connectivity index (χ1n) is 4.46. The van der Waals surface area contributed by atoms with Gasteiger partial charge in [-0.15, -0.1) is 5.10 Å². The summed E-state index contributed by atoms with van der Waals surface area (Å²) in [5.74, 6) is -0.118. The van der Waals surface area contributed by atoms with Crippen LogP contribution in [-0.2, 0) is 11.3 Å². The van der Waals surface area contributed by atoms with Gasteiger partial charge in [0.15, 0.2) is 0 Å². The monoisotopic (exact) mass is 198 g/mol. The molecule has 0 spiro atoms. The zero-order chi connectivity index (χ0) is 10.4. The number of aryl methyl sites for hydroxylation is 1. The number of carbonyl (C=O) groups is 1. The molecule has 0 unspecified atom stereocenters. The molecule has 1 aromatic rings. The van der Waals surface area contributed by atoms with Gasteiger partial charge < -0.3 is 10.4 Å². The minimum atomic E-state index is -0.118. The van der Waals surface area contributed by atoms with Crippen LogP contribution in [0.15, 0.2) is 6.20 Å². The summed E-state index contributed by atoms with van der Waals surface area (Å²) in [6.45, 7) is 2.59. The zero-order valence-corrected chi connectivity index (χ0v) is 8.10. The second kappa shape index (κ2) is 5.33. The Bertz CT molecular complexity index is 297. The number of amides is 1. The number of carbonyl (C=O) groups excluding carboxylic acids is 1. The van der Waals surface area contributed by atoms with Crippen molar-refractivity contribution in [3.05, 3.63) is 11.9 Å². The van der Waals surface area contributed by atoms with Crippen molar-refractivity contribution in [2.45, 2.75) is 19.9 Å². The predicted molar refractivity (Wildman–Crippen MR) is 49.5 cm³/mol. The highest BCUT2D eigenvalue weighted by Gasteiger charge is 2.04. The number of aromatic nitrogens is 3. The van der Waals surface area contributed by atoms with E-state index < -0.39 is 0 Å². The van der Waals surface area contributed by atoms with Crippen LogP contribution in [0.2, 0.25) is 0 Å². The first-order valence-corrected chi connectivity index (χ1v) is 4.46. The lowest BCUT2D eigenvalue weighted by Crippen LogP contribution is -2.29. The summed E-state index contributed by atoms with van der Waals surface area (Å²) in [6.07, 6.45) is 2.17. The van der Waals surface area contributed by atoms with Crippen molar-refractivity contribution in [3.8, 4) is 0 Å². The van der Waals surface area contributed by atoms with Crippen molar-refractivity contribution >= 4 is 5.91 Å². The molecule has 0 aliphatic rings. The van der Waals surface area contributed by atoms with Gasteiger partial charge in [-0.05, 0) is 13.3 Å². The third kappa shape index (κ3) is 3.14. The van der Waals surface area contributed by atoms with Gasteiger partial charge in [0.05, 0.1) is 11.9 Å². The standard InChI is InChI=1S/C8H14N4O2/c1-7-5-10-11-12(7)6-8(14)9-3-2-4-13/h5,13H,2-4,6H2,1H3,(H,9,14). The van der Waals surface area contributed by atoms with Gasteiger partial charge in [0.1, 0.15) is 6.54 Å². The Kier molecular flexibility index (Phi) is 4.06. The summed E-state index contributed by atoms with van der Waals surface area (Å²) in [6, 6.07) is 0. The largest absolute Gasteiger partial charge is 0.396 e. The third-order valence-electron chi connectivity index (χ3n) is 1.76. The third-order valence-corrected chi connectivity index (χ3v) is 1.76. The highest BCUT2D eigenvalue weighted by molar-refractivity contribution is 5.75. The zero-order valence-electron chi connectivity index (χ0n) is 8.10.